The predicted octanol–water partition coefficient (Wildman–Crippen LogP) is -0.246. The Morgan fingerprint density at radius 2 is 1.62 bits per heavy atom. The first kappa shape index (κ1) is 15.2. The molecule has 0 spiro atoms. The highest BCUT2D eigenvalue weighted by atomic mass is 31.2. The molecular formula is C11H11N4O5P. The van der Waals surface area contributed by atoms with Crippen molar-refractivity contribution in [2.45, 2.75) is 12.8 Å². The number of aryl methyl sites for hydroxylation is 1. The second kappa shape index (κ2) is 6.04. The number of aromatic nitrogens is 4. The average molecular weight is 310 g/mol. The number of benzene rings is 1. The van der Waals surface area contributed by atoms with Gasteiger partial charge in [-0.25, -0.2) is 0 Å². The van der Waals surface area contributed by atoms with Gasteiger partial charge in [0.15, 0.2) is 5.82 Å². The van der Waals surface area contributed by atoms with E-state index in [0.717, 1.165) is 0 Å². The highest BCUT2D eigenvalue weighted by Crippen LogP contribution is 2.33. The second-order valence-corrected chi connectivity index (χ2v) is 5.73. The summed E-state index contributed by atoms with van der Waals surface area (Å²) in [6.45, 7) is 0. The summed E-state index contributed by atoms with van der Waals surface area (Å²) in [6.07, 6.45) is 0.0203. The molecule has 0 unspecified atom stereocenters. The van der Waals surface area contributed by atoms with E-state index in [4.69, 9.17) is 14.9 Å². The van der Waals surface area contributed by atoms with Gasteiger partial charge in [-0.05, 0) is 12.1 Å². The fourth-order valence-electron chi connectivity index (χ4n) is 1.49. The molecule has 1 aromatic carbocycles. The third kappa shape index (κ3) is 4.12. The van der Waals surface area contributed by atoms with Crippen LogP contribution < -0.4 is 5.30 Å². The molecule has 0 amide bonds. The van der Waals surface area contributed by atoms with Crippen LogP contribution in [0.5, 0.6) is 0 Å². The molecule has 0 radical (unpaired) electrons. The third-order valence-electron chi connectivity index (χ3n) is 2.54. The fourth-order valence-corrected chi connectivity index (χ4v) is 2.03. The molecule has 0 atom stereocenters. The van der Waals surface area contributed by atoms with Gasteiger partial charge in [0.05, 0.1) is 11.7 Å². The lowest BCUT2D eigenvalue weighted by Crippen LogP contribution is -2.07. The molecule has 2 rings (SSSR count). The van der Waals surface area contributed by atoms with Crippen LogP contribution in [0.15, 0.2) is 24.3 Å². The summed E-state index contributed by atoms with van der Waals surface area (Å²) in [4.78, 5) is 28.4. The molecule has 9 nitrogen and oxygen atoms in total. The van der Waals surface area contributed by atoms with Crippen molar-refractivity contribution >= 4 is 18.9 Å². The monoisotopic (exact) mass is 310 g/mol. The van der Waals surface area contributed by atoms with E-state index in [0.29, 0.717) is 5.56 Å². The van der Waals surface area contributed by atoms with E-state index in [1.807, 2.05) is 0 Å². The van der Waals surface area contributed by atoms with Crippen LogP contribution >= 0.6 is 7.60 Å². The summed E-state index contributed by atoms with van der Waals surface area (Å²) < 4.78 is 11.0. The van der Waals surface area contributed by atoms with Crippen LogP contribution in [-0.2, 0) is 15.8 Å². The number of carboxylic acids is 1. The Morgan fingerprint density at radius 1 is 1.05 bits per heavy atom. The zero-order valence-corrected chi connectivity index (χ0v) is 11.5. The van der Waals surface area contributed by atoms with Gasteiger partial charge in [0, 0.05) is 12.0 Å². The highest BCUT2D eigenvalue weighted by Gasteiger charge is 2.16. The van der Waals surface area contributed by atoms with Crippen molar-refractivity contribution in [1.29, 1.82) is 0 Å². The van der Waals surface area contributed by atoms with Gasteiger partial charge in [-0.2, -0.15) is 0 Å². The minimum atomic E-state index is -4.28. The third-order valence-corrected chi connectivity index (χ3v) is 3.52. The van der Waals surface area contributed by atoms with Gasteiger partial charge >= 0.3 is 13.6 Å². The van der Waals surface area contributed by atoms with E-state index in [-0.39, 0.29) is 29.8 Å². The molecule has 1 aromatic heterocycles. The molecule has 0 saturated heterocycles. The zero-order chi connectivity index (χ0) is 15.5. The van der Waals surface area contributed by atoms with Gasteiger partial charge in [-0.3, -0.25) is 9.36 Å². The van der Waals surface area contributed by atoms with E-state index in [9.17, 15) is 9.36 Å². The van der Waals surface area contributed by atoms with Crippen LogP contribution in [0.1, 0.15) is 12.2 Å². The Kier molecular flexibility index (Phi) is 4.37. The van der Waals surface area contributed by atoms with Crippen LogP contribution in [0, 0.1) is 0 Å². The summed E-state index contributed by atoms with van der Waals surface area (Å²) in [5.41, 5.74) is 0.497. The first-order valence-corrected chi connectivity index (χ1v) is 7.42. The lowest BCUT2D eigenvalue weighted by Gasteiger charge is -2.04. The van der Waals surface area contributed by atoms with Gasteiger partial charge in [0.1, 0.15) is 0 Å². The standard InChI is InChI=1S/C11H11N4O5P/c16-10(17)6-5-9-12-14-11(15-13-9)7-1-3-8(4-2-7)21(18,19)20/h1-4H,5-6H2,(H,16,17)(H2,18,19,20). The van der Waals surface area contributed by atoms with Gasteiger partial charge in [0.2, 0.25) is 5.82 Å². The van der Waals surface area contributed by atoms with Crippen LogP contribution in [0.3, 0.4) is 0 Å². The summed E-state index contributed by atoms with van der Waals surface area (Å²) in [5.74, 6) is -0.560. The molecule has 0 fully saturated rings. The van der Waals surface area contributed by atoms with E-state index >= 15 is 0 Å². The molecule has 0 aliphatic heterocycles. The Morgan fingerprint density at radius 3 is 2.10 bits per heavy atom. The van der Waals surface area contributed by atoms with Crippen LogP contribution in [-0.4, -0.2) is 41.3 Å². The highest BCUT2D eigenvalue weighted by molar-refractivity contribution is 7.60. The van der Waals surface area contributed by atoms with Gasteiger partial charge in [-0.15, -0.1) is 20.4 Å². The van der Waals surface area contributed by atoms with E-state index in [2.05, 4.69) is 20.4 Å². The summed E-state index contributed by atoms with van der Waals surface area (Å²) in [5, 5.41) is 23.6. The van der Waals surface area contributed by atoms with Crippen molar-refractivity contribution in [3.05, 3.63) is 30.1 Å². The fraction of sp³-hybridized carbons (Fsp3) is 0.182. The molecule has 21 heavy (non-hydrogen) atoms. The number of carbonyl (C=O) groups is 1. The molecule has 0 saturated carbocycles. The first-order chi connectivity index (χ1) is 9.86. The van der Waals surface area contributed by atoms with Gasteiger partial charge in [-0.1, -0.05) is 12.1 Å². The Bertz CT molecular complexity index is 683. The topological polar surface area (TPSA) is 146 Å². The Balaban J connectivity index is 2.15. The molecular weight excluding hydrogens is 299 g/mol. The van der Waals surface area contributed by atoms with Crippen LogP contribution in [0.2, 0.25) is 0 Å². The Hall–Kier alpha value is -2.22. The van der Waals surface area contributed by atoms with E-state index in [1.165, 1.54) is 24.3 Å². The SMILES string of the molecule is O=C(O)CCc1nnc(-c2ccc(P(=O)(O)O)cc2)nn1. The van der Waals surface area contributed by atoms with Crippen molar-refractivity contribution in [3.63, 3.8) is 0 Å². The number of carboxylic acid groups (broad SMARTS) is 1. The molecule has 110 valence electrons. The van der Waals surface area contributed by atoms with E-state index < -0.39 is 13.6 Å². The van der Waals surface area contributed by atoms with Gasteiger partial charge in [0.25, 0.3) is 0 Å². The smallest absolute Gasteiger partial charge is 0.356 e. The summed E-state index contributed by atoms with van der Waals surface area (Å²) >= 11 is 0. The molecule has 3 N–H and O–H groups in total. The van der Waals surface area contributed by atoms with Crippen molar-refractivity contribution < 1.29 is 24.3 Å². The first-order valence-electron chi connectivity index (χ1n) is 5.81. The molecule has 0 bridgehead atoms. The quantitative estimate of drug-likeness (QED) is 0.636. The zero-order valence-electron chi connectivity index (χ0n) is 10.6. The van der Waals surface area contributed by atoms with Crippen LogP contribution in [0.25, 0.3) is 11.4 Å². The van der Waals surface area contributed by atoms with Crippen molar-refractivity contribution in [2.24, 2.45) is 0 Å². The average Bonchev–Trinajstić information content (AvgIpc) is 2.45. The minimum absolute atomic E-state index is 0.106. The second-order valence-electron chi connectivity index (χ2n) is 4.12. The number of hydrogen-bond donors (Lipinski definition) is 3. The molecule has 2 aromatic rings. The van der Waals surface area contributed by atoms with Crippen molar-refractivity contribution in [2.75, 3.05) is 0 Å². The Labute approximate surface area is 118 Å². The number of rotatable bonds is 5. The molecule has 10 heteroatoms. The van der Waals surface area contributed by atoms with Crippen molar-refractivity contribution in [3.8, 4) is 11.4 Å². The predicted molar refractivity (Wildman–Crippen MR) is 70.7 cm³/mol. The summed E-state index contributed by atoms with van der Waals surface area (Å²) in [6, 6.07) is 5.45. The number of aliphatic carboxylic acids is 1. The van der Waals surface area contributed by atoms with E-state index in [1.54, 1.807) is 0 Å². The molecule has 0 aliphatic rings. The van der Waals surface area contributed by atoms with Crippen LogP contribution in [0.4, 0.5) is 0 Å². The summed E-state index contributed by atoms with van der Waals surface area (Å²) in [7, 11) is -4.28. The lowest BCUT2D eigenvalue weighted by molar-refractivity contribution is -0.137. The lowest BCUT2D eigenvalue weighted by atomic mass is 10.2. The number of nitrogens with zero attached hydrogens (tertiary/aromatic N) is 4. The normalized spacial score (nSPS) is 11.3. The number of hydrogen-bond acceptors (Lipinski definition) is 6. The molecule has 0 aliphatic carbocycles. The molecule has 1 heterocycles. The largest absolute Gasteiger partial charge is 0.481 e. The maximum absolute atomic E-state index is 11.0. The maximum Gasteiger partial charge on any atom is 0.356 e. The maximum atomic E-state index is 11.0. The minimum Gasteiger partial charge on any atom is -0.481 e. The van der Waals surface area contributed by atoms with Gasteiger partial charge < -0.3 is 14.9 Å². The van der Waals surface area contributed by atoms with Crippen molar-refractivity contribution in [1.82, 2.24) is 20.4 Å².